The molecule has 0 bridgehead atoms. The van der Waals surface area contributed by atoms with E-state index in [1.165, 1.54) is 32.1 Å². The first-order valence-corrected chi connectivity index (χ1v) is 11.3. The van der Waals surface area contributed by atoms with Crippen molar-refractivity contribution in [1.82, 2.24) is 0 Å². The Morgan fingerprint density at radius 1 is 1.22 bits per heavy atom. The molecule has 0 unspecified atom stereocenters. The summed E-state index contributed by atoms with van der Waals surface area (Å²) in [6.07, 6.45) is 12.7. The largest absolute Gasteiger partial charge is 0.550 e. The molecule has 0 amide bonds. The molecule has 27 heavy (non-hydrogen) atoms. The van der Waals surface area contributed by atoms with Crippen LogP contribution < -0.4 is 5.11 Å². The van der Waals surface area contributed by atoms with Crippen molar-refractivity contribution in [2.24, 2.45) is 40.4 Å². The first kappa shape index (κ1) is 19.5. The molecule has 0 aromatic heterocycles. The van der Waals surface area contributed by atoms with Crippen molar-refractivity contribution in [2.45, 2.75) is 91.1 Å². The summed E-state index contributed by atoms with van der Waals surface area (Å²) in [6.45, 7) is 7.28. The zero-order valence-corrected chi connectivity index (χ0v) is 17.4. The summed E-state index contributed by atoms with van der Waals surface area (Å²) in [7, 11) is 0. The molecule has 3 heteroatoms. The minimum absolute atomic E-state index is 0.129. The summed E-state index contributed by atoms with van der Waals surface area (Å²) in [4.78, 5) is 10.9. The van der Waals surface area contributed by atoms with Gasteiger partial charge >= 0.3 is 0 Å². The normalized spacial score (nSPS) is 47.4. The van der Waals surface area contributed by atoms with Crippen molar-refractivity contribution in [2.75, 3.05) is 0 Å². The molecule has 3 nitrogen and oxygen atoms in total. The van der Waals surface area contributed by atoms with Crippen molar-refractivity contribution >= 4 is 5.97 Å². The molecule has 1 N–H and O–H groups in total. The van der Waals surface area contributed by atoms with Crippen LogP contribution >= 0.6 is 0 Å². The summed E-state index contributed by atoms with van der Waals surface area (Å²) in [6, 6.07) is 0. The second kappa shape index (κ2) is 6.90. The number of hydrogen-bond donors (Lipinski definition) is 1. The Morgan fingerprint density at radius 3 is 2.74 bits per heavy atom. The lowest BCUT2D eigenvalue weighted by Gasteiger charge is -2.58. The lowest BCUT2D eigenvalue weighted by molar-refractivity contribution is -0.306. The van der Waals surface area contributed by atoms with E-state index >= 15 is 0 Å². The molecule has 0 spiro atoms. The number of allylic oxidation sites excluding steroid dienone is 1. The van der Waals surface area contributed by atoms with Gasteiger partial charge in [0.25, 0.3) is 0 Å². The summed E-state index contributed by atoms with van der Waals surface area (Å²) in [5.74, 6) is 2.58. The number of hydrogen-bond acceptors (Lipinski definition) is 3. The second-order valence-corrected chi connectivity index (χ2v) is 10.8. The van der Waals surface area contributed by atoms with Crippen molar-refractivity contribution in [3.05, 3.63) is 11.6 Å². The van der Waals surface area contributed by atoms with Gasteiger partial charge in [0.05, 0.1) is 6.10 Å². The Balaban J connectivity index is 1.54. The van der Waals surface area contributed by atoms with E-state index in [4.69, 9.17) is 0 Å². The molecule has 4 rings (SSSR count). The van der Waals surface area contributed by atoms with Crippen molar-refractivity contribution in [1.29, 1.82) is 0 Å². The van der Waals surface area contributed by atoms with Gasteiger partial charge in [0, 0.05) is 5.97 Å². The molecule has 4 aliphatic rings. The Morgan fingerprint density at radius 2 is 2.00 bits per heavy atom. The average Bonchev–Trinajstić information content (AvgIpc) is 2.97. The predicted molar refractivity (Wildman–Crippen MR) is 105 cm³/mol. The minimum atomic E-state index is -0.900. The molecule has 4 aliphatic carbocycles. The zero-order valence-electron chi connectivity index (χ0n) is 17.4. The van der Waals surface area contributed by atoms with Crippen molar-refractivity contribution in [3.63, 3.8) is 0 Å². The van der Waals surface area contributed by atoms with Gasteiger partial charge in [-0.2, -0.15) is 0 Å². The molecule has 8 atom stereocenters. The van der Waals surface area contributed by atoms with Gasteiger partial charge in [-0.3, -0.25) is 0 Å². The average molecular weight is 374 g/mol. The lowest BCUT2D eigenvalue weighted by atomic mass is 9.47. The number of carbonyl (C=O) groups is 1. The molecule has 0 aromatic rings. The van der Waals surface area contributed by atoms with E-state index in [-0.39, 0.29) is 12.5 Å². The van der Waals surface area contributed by atoms with Crippen LogP contribution in [0.5, 0.6) is 0 Å². The van der Waals surface area contributed by atoms with E-state index in [2.05, 4.69) is 26.8 Å². The molecular weight excluding hydrogens is 336 g/mol. The minimum Gasteiger partial charge on any atom is -0.550 e. The van der Waals surface area contributed by atoms with Crippen LogP contribution in [-0.2, 0) is 4.79 Å². The molecular formula is C24H37O3-. The molecule has 0 saturated heterocycles. The van der Waals surface area contributed by atoms with Gasteiger partial charge in [0.2, 0.25) is 0 Å². The van der Waals surface area contributed by atoms with E-state index in [0.29, 0.717) is 22.7 Å². The molecule has 0 radical (unpaired) electrons. The highest BCUT2D eigenvalue weighted by atomic mass is 16.4. The van der Waals surface area contributed by atoms with E-state index in [1.807, 2.05) is 0 Å². The first-order chi connectivity index (χ1) is 12.8. The van der Waals surface area contributed by atoms with Crippen LogP contribution in [0.15, 0.2) is 11.6 Å². The highest BCUT2D eigenvalue weighted by Crippen LogP contribution is 2.67. The fraction of sp³-hybridized carbons (Fsp3) is 0.875. The number of carboxylic acid groups (broad SMARTS) is 1. The van der Waals surface area contributed by atoms with Crippen LogP contribution in [-0.4, -0.2) is 17.2 Å². The third-order valence-corrected chi connectivity index (χ3v) is 9.64. The molecule has 0 aromatic carbocycles. The first-order valence-electron chi connectivity index (χ1n) is 11.3. The smallest absolute Gasteiger partial charge is 0.0577 e. The van der Waals surface area contributed by atoms with Crippen LogP contribution in [0.3, 0.4) is 0 Å². The number of aliphatic hydroxyl groups excluding tert-OH is 1. The number of rotatable bonds is 4. The topological polar surface area (TPSA) is 60.4 Å². The predicted octanol–water partition coefficient (Wildman–Crippen LogP) is 4.09. The van der Waals surface area contributed by atoms with E-state index in [9.17, 15) is 15.0 Å². The summed E-state index contributed by atoms with van der Waals surface area (Å²) in [5.41, 5.74) is 2.23. The third kappa shape index (κ3) is 3.09. The fourth-order valence-corrected chi connectivity index (χ4v) is 8.16. The van der Waals surface area contributed by atoms with E-state index < -0.39 is 5.97 Å². The van der Waals surface area contributed by atoms with Gasteiger partial charge in [0.15, 0.2) is 0 Å². The Kier molecular flexibility index (Phi) is 4.98. The van der Waals surface area contributed by atoms with Gasteiger partial charge in [-0.25, -0.2) is 0 Å². The Labute approximate surface area is 164 Å². The summed E-state index contributed by atoms with van der Waals surface area (Å²) in [5, 5.41) is 21.1. The highest BCUT2D eigenvalue weighted by molar-refractivity contribution is 5.64. The fourth-order valence-electron chi connectivity index (χ4n) is 8.16. The maximum absolute atomic E-state index is 10.9. The van der Waals surface area contributed by atoms with E-state index in [0.717, 1.165) is 43.4 Å². The van der Waals surface area contributed by atoms with Crippen LogP contribution in [0.2, 0.25) is 0 Å². The molecule has 152 valence electrons. The number of carbonyl (C=O) groups excluding carboxylic acids is 1. The van der Waals surface area contributed by atoms with Gasteiger partial charge < -0.3 is 15.0 Å². The summed E-state index contributed by atoms with van der Waals surface area (Å²) < 4.78 is 0. The SMILES string of the molecule is C[C@H](CCC(=O)[O-])[C@H]1CC[C@@H]2[C@@H]3CC=C4C[C@H](O)CC[C@]4(C)[C@H]3CC[C@@]21C. The standard InChI is InChI=1S/C24H38O3/c1-15(4-9-22(26)27)19-7-8-20-18-6-5-16-14-17(25)10-12-23(16,2)21(18)11-13-24(19,20)3/h5,15,17-21,25H,4,6-14H2,1-3H3,(H,26,27)/p-1/t15-,17-,18+,19-,20-,21+,23+,24-/m1/s1. The Bertz CT molecular complexity index is 625. The van der Waals surface area contributed by atoms with Crippen LogP contribution in [0, 0.1) is 40.4 Å². The van der Waals surface area contributed by atoms with Gasteiger partial charge in [-0.05, 0) is 105 Å². The zero-order chi connectivity index (χ0) is 19.4. The summed E-state index contributed by atoms with van der Waals surface area (Å²) >= 11 is 0. The quantitative estimate of drug-likeness (QED) is 0.755. The highest BCUT2D eigenvalue weighted by Gasteiger charge is 2.59. The number of aliphatic carboxylic acids is 1. The third-order valence-electron chi connectivity index (χ3n) is 9.64. The van der Waals surface area contributed by atoms with Crippen LogP contribution in [0.25, 0.3) is 0 Å². The van der Waals surface area contributed by atoms with Crippen LogP contribution in [0.4, 0.5) is 0 Å². The number of carboxylic acids is 1. The Hall–Kier alpha value is -0.830. The number of fused-ring (bicyclic) bond motifs is 5. The second-order valence-electron chi connectivity index (χ2n) is 10.8. The molecule has 0 heterocycles. The van der Waals surface area contributed by atoms with Crippen LogP contribution in [0.1, 0.15) is 85.0 Å². The maximum atomic E-state index is 10.9. The maximum Gasteiger partial charge on any atom is 0.0577 e. The van der Waals surface area contributed by atoms with Gasteiger partial charge in [-0.15, -0.1) is 0 Å². The van der Waals surface area contributed by atoms with Crippen molar-refractivity contribution < 1.29 is 15.0 Å². The number of aliphatic hydroxyl groups is 1. The van der Waals surface area contributed by atoms with Gasteiger partial charge in [-0.1, -0.05) is 32.4 Å². The molecule has 3 saturated carbocycles. The molecule has 3 fully saturated rings. The molecule has 0 aliphatic heterocycles. The van der Waals surface area contributed by atoms with E-state index in [1.54, 1.807) is 5.57 Å². The van der Waals surface area contributed by atoms with Gasteiger partial charge in [0.1, 0.15) is 0 Å². The van der Waals surface area contributed by atoms with Crippen molar-refractivity contribution in [3.8, 4) is 0 Å². The monoisotopic (exact) mass is 373 g/mol. The lowest BCUT2D eigenvalue weighted by Crippen LogP contribution is -2.50.